The summed E-state index contributed by atoms with van der Waals surface area (Å²) in [6.45, 7) is -0.0819. The minimum atomic E-state index is -1.04. The number of aliphatic hydroxyl groups excluding tert-OH is 2. The molecule has 1 aromatic heterocycles. The summed E-state index contributed by atoms with van der Waals surface area (Å²) >= 11 is 0. The molecule has 0 saturated heterocycles. The van der Waals surface area contributed by atoms with Gasteiger partial charge in [-0.25, -0.2) is 4.68 Å². The second kappa shape index (κ2) is 6.06. The van der Waals surface area contributed by atoms with E-state index in [4.69, 9.17) is 21.1 Å². The average molecular weight is 244 g/mol. The van der Waals surface area contributed by atoms with E-state index in [1.165, 1.54) is 10.9 Å². The molecule has 0 spiro atoms. The molecule has 8 nitrogen and oxygen atoms in total. The van der Waals surface area contributed by atoms with E-state index in [0.717, 1.165) is 0 Å². The van der Waals surface area contributed by atoms with Crippen LogP contribution < -0.4 is 10.6 Å². The molecular weight excluding hydrogens is 228 g/mol. The van der Waals surface area contributed by atoms with Gasteiger partial charge in [0.1, 0.15) is 6.54 Å². The zero-order valence-corrected chi connectivity index (χ0v) is 9.28. The van der Waals surface area contributed by atoms with Gasteiger partial charge in [-0.15, -0.1) is 0 Å². The first-order valence-electron chi connectivity index (χ1n) is 5.10. The first-order valence-corrected chi connectivity index (χ1v) is 5.10. The molecule has 17 heavy (non-hydrogen) atoms. The van der Waals surface area contributed by atoms with Crippen LogP contribution in [0.4, 0.5) is 11.5 Å². The number of nitrogen functional groups attached to an aromatic ring is 1. The molecule has 0 aromatic carbocycles. The van der Waals surface area contributed by atoms with Gasteiger partial charge in [-0.2, -0.15) is 5.10 Å². The maximum atomic E-state index is 10.6. The number of carboxylic acids is 1. The fourth-order valence-corrected chi connectivity index (χ4v) is 1.55. The van der Waals surface area contributed by atoms with Crippen LogP contribution in [0.1, 0.15) is 0 Å². The number of rotatable bonds is 7. The summed E-state index contributed by atoms with van der Waals surface area (Å²) < 4.78 is 1.23. The van der Waals surface area contributed by atoms with Gasteiger partial charge >= 0.3 is 5.97 Å². The summed E-state index contributed by atoms with van der Waals surface area (Å²) in [4.78, 5) is 12.2. The highest BCUT2D eigenvalue weighted by Crippen LogP contribution is 2.22. The number of carbonyl (C=O) groups is 1. The monoisotopic (exact) mass is 244 g/mol. The standard InChI is InChI=1S/C9H16N4O4/c10-7-5-11-13(6-8(16)17)9(7)12(1-3-14)2-4-15/h5,14-15H,1-4,6,10H2,(H,16,17). The molecule has 0 aliphatic carbocycles. The van der Waals surface area contributed by atoms with Crippen LogP contribution in [0.2, 0.25) is 0 Å². The molecule has 96 valence electrons. The van der Waals surface area contributed by atoms with Gasteiger partial charge in [0.25, 0.3) is 0 Å². The Balaban J connectivity index is 2.98. The van der Waals surface area contributed by atoms with Gasteiger partial charge in [0, 0.05) is 13.1 Å². The van der Waals surface area contributed by atoms with Gasteiger partial charge in [-0.05, 0) is 0 Å². The normalized spacial score (nSPS) is 10.5. The second-order valence-electron chi connectivity index (χ2n) is 3.41. The van der Waals surface area contributed by atoms with E-state index >= 15 is 0 Å². The Hall–Kier alpha value is -1.80. The van der Waals surface area contributed by atoms with E-state index in [1.54, 1.807) is 4.90 Å². The summed E-state index contributed by atoms with van der Waals surface area (Å²) in [7, 11) is 0. The van der Waals surface area contributed by atoms with Crippen molar-refractivity contribution in [2.45, 2.75) is 6.54 Å². The molecule has 1 rings (SSSR count). The van der Waals surface area contributed by atoms with Crippen molar-refractivity contribution in [1.82, 2.24) is 9.78 Å². The number of nitrogens with zero attached hydrogens (tertiary/aromatic N) is 3. The minimum Gasteiger partial charge on any atom is -0.480 e. The van der Waals surface area contributed by atoms with Crippen molar-refractivity contribution in [3.63, 3.8) is 0 Å². The van der Waals surface area contributed by atoms with Crippen LogP contribution in [-0.2, 0) is 11.3 Å². The number of nitrogens with two attached hydrogens (primary N) is 1. The Kier molecular flexibility index (Phi) is 4.73. The minimum absolute atomic E-state index is 0.127. The maximum absolute atomic E-state index is 10.6. The van der Waals surface area contributed by atoms with Crippen molar-refractivity contribution in [3.8, 4) is 0 Å². The van der Waals surface area contributed by atoms with Crippen LogP contribution in [0.15, 0.2) is 6.20 Å². The number of aliphatic hydroxyl groups is 2. The lowest BCUT2D eigenvalue weighted by Gasteiger charge is -2.23. The highest BCUT2D eigenvalue weighted by Gasteiger charge is 2.17. The Bertz CT molecular complexity index is 373. The third kappa shape index (κ3) is 3.33. The van der Waals surface area contributed by atoms with Gasteiger partial charge < -0.3 is 26.0 Å². The van der Waals surface area contributed by atoms with Crippen LogP contribution in [0.5, 0.6) is 0 Å². The molecular formula is C9H16N4O4. The predicted molar refractivity (Wildman–Crippen MR) is 60.7 cm³/mol. The highest BCUT2D eigenvalue weighted by atomic mass is 16.4. The Morgan fingerprint density at radius 1 is 1.41 bits per heavy atom. The summed E-state index contributed by atoms with van der Waals surface area (Å²) in [6.07, 6.45) is 1.35. The molecule has 1 aromatic rings. The van der Waals surface area contributed by atoms with Gasteiger partial charge in [-0.1, -0.05) is 0 Å². The van der Waals surface area contributed by atoms with Crippen molar-refractivity contribution in [2.75, 3.05) is 36.9 Å². The maximum Gasteiger partial charge on any atom is 0.325 e. The molecule has 1 heterocycles. The molecule has 0 unspecified atom stereocenters. The van der Waals surface area contributed by atoms with E-state index in [2.05, 4.69) is 5.10 Å². The largest absolute Gasteiger partial charge is 0.480 e. The van der Waals surface area contributed by atoms with E-state index in [0.29, 0.717) is 11.5 Å². The van der Waals surface area contributed by atoms with Crippen LogP contribution in [0, 0.1) is 0 Å². The zero-order valence-electron chi connectivity index (χ0n) is 9.28. The van der Waals surface area contributed by atoms with Gasteiger partial charge in [0.15, 0.2) is 5.82 Å². The molecule has 0 bridgehead atoms. The fraction of sp³-hybridized carbons (Fsp3) is 0.556. The molecule has 0 aliphatic heterocycles. The van der Waals surface area contributed by atoms with E-state index in [9.17, 15) is 4.79 Å². The number of aromatic nitrogens is 2. The van der Waals surface area contributed by atoms with E-state index in [-0.39, 0.29) is 32.8 Å². The first-order chi connectivity index (χ1) is 8.10. The lowest BCUT2D eigenvalue weighted by Crippen LogP contribution is -2.33. The molecule has 8 heteroatoms. The topological polar surface area (TPSA) is 125 Å². The molecule has 5 N–H and O–H groups in total. The first kappa shape index (κ1) is 13.3. The van der Waals surface area contributed by atoms with E-state index < -0.39 is 5.97 Å². The molecule has 0 amide bonds. The number of hydrogen-bond donors (Lipinski definition) is 4. The Morgan fingerprint density at radius 2 is 2.00 bits per heavy atom. The highest BCUT2D eigenvalue weighted by molar-refractivity contribution is 5.70. The van der Waals surface area contributed by atoms with Crippen molar-refractivity contribution in [1.29, 1.82) is 0 Å². The van der Waals surface area contributed by atoms with Crippen molar-refractivity contribution < 1.29 is 20.1 Å². The van der Waals surface area contributed by atoms with Crippen LogP contribution >= 0.6 is 0 Å². The average Bonchev–Trinajstić information content (AvgIpc) is 2.59. The van der Waals surface area contributed by atoms with Gasteiger partial charge in [0.2, 0.25) is 0 Å². The molecule has 0 fully saturated rings. The second-order valence-corrected chi connectivity index (χ2v) is 3.41. The van der Waals surface area contributed by atoms with Gasteiger partial charge in [-0.3, -0.25) is 4.79 Å². The third-order valence-electron chi connectivity index (χ3n) is 2.16. The van der Waals surface area contributed by atoms with Crippen molar-refractivity contribution >= 4 is 17.5 Å². The van der Waals surface area contributed by atoms with Gasteiger partial charge in [0.05, 0.1) is 25.1 Å². The molecule has 0 radical (unpaired) electrons. The summed E-state index contributed by atoms with van der Waals surface area (Å²) in [6, 6.07) is 0. The van der Waals surface area contributed by atoms with Crippen LogP contribution in [-0.4, -0.2) is 57.4 Å². The fourth-order valence-electron chi connectivity index (χ4n) is 1.55. The summed E-state index contributed by atoms with van der Waals surface area (Å²) in [5.41, 5.74) is 6.01. The zero-order chi connectivity index (χ0) is 12.8. The van der Waals surface area contributed by atoms with E-state index in [1.807, 2.05) is 0 Å². The van der Waals surface area contributed by atoms with Crippen molar-refractivity contribution in [3.05, 3.63) is 6.20 Å². The molecule has 0 atom stereocenters. The number of carboxylic acid groups (broad SMARTS) is 1. The summed E-state index contributed by atoms with van der Waals surface area (Å²) in [5, 5.41) is 30.4. The van der Waals surface area contributed by atoms with Crippen LogP contribution in [0.3, 0.4) is 0 Å². The quantitative estimate of drug-likeness (QED) is 0.452. The number of aliphatic carboxylic acids is 1. The Morgan fingerprint density at radius 3 is 2.47 bits per heavy atom. The number of anilines is 2. The molecule has 0 saturated carbocycles. The van der Waals surface area contributed by atoms with Crippen LogP contribution in [0.25, 0.3) is 0 Å². The summed E-state index contributed by atoms with van der Waals surface area (Å²) in [5.74, 6) is -0.641. The predicted octanol–water partition coefficient (Wildman–Crippen LogP) is -1.66. The third-order valence-corrected chi connectivity index (χ3v) is 2.16. The van der Waals surface area contributed by atoms with Crippen molar-refractivity contribution in [2.24, 2.45) is 0 Å². The Labute approximate surface area is 97.9 Å². The lowest BCUT2D eigenvalue weighted by molar-refractivity contribution is -0.137. The molecule has 0 aliphatic rings. The number of hydrogen-bond acceptors (Lipinski definition) is 6. The lowest BCUT2D eigenvalue weighted by atomic mass is 10.4. The smallest absolute Gasteiger partial charge is 0.325 e. The SMILES string of the molecule is Nc1cnn(CC(=O)O)c1N(CCO)CCO.